The molecule has 1 heterocycles. The number of benzene rings is 1. The molecule has 1 aromatic carbocycles. The highest BCUT2D eigenvalue weighted by molar-refractivity contribution is 5.75. The molecule has 2 rings (SSSR count). The summed E-state index contributed by atoms with van der Waals surface area (Å²) in [6.07, 6.45) is 1.60. The van der Waals surface area contributed by atoms with Crippen molar-refractivity contribution in [2.24, 2.45) is 0 Å². The molecule has 0 unspecified atom stereocenters. The lowest BCUT2D eigenvalue weighted by Crippen LogP contribution is -2.22. The van der Waals surface area contributed by atoms with Gasteiger partial charge in [0.15, 0.2) is 5.82 Å². The van der Waals surface area contributed by atoms with Crippen molar-refractivity contribution in [1.82, 2.24) is 15.5 Å². The second-order valence-corrected chi connectivity index (χ2v) is 6.52. The lowest BCUT2D eigenvalue weighted by molar-refractivity contribution is -0.121. The molecule has 0 saturated heterocycles. The minimum absolute atomic E-state index is 0.0510. The molecule has 1 amide bonds. The average molecular weight is 319 g/mol. The summed E-state index contributed by atoms with van der Waals surface area (Å²) in [5.74, 6) is 0.897. The number of halogens is 1. The van der Waals surface area contributed by atoms with Crippen LogP contribution in [0.4, 0.5) is 4.39 Å². The molecule has 5 nitrogen and oxygen atoms in total. The van der Waals surface area contributed by atoms with E-state index < -0.39 is 0 Å². The van der Waals surface area contributed by atoms with Crippen LogP contribution in [0.1, 0.15) is 50.9 Å². The van der Waals surface area contributed by atoms with Crippen LogP contribution in [0.5, 0.6) is 0 Å². The van der Waals surface area contributed by atoms with Crippen molar-refractivity contribution < 1.29 is 13.7 Å². The molecule has 6 heteroatoms. The van der Waals surface area contributed by atoms with Gasteiger partial charge in [0, 0.05) is 24.8 Å². The largest absolute Gasteiger partial charge is 0.352 e. The maximum absolute atomic E-state index is 12.8. The van der Waals surface area contributed by atoms with E-state index in [0.717, 1.165) is 5.56 Å². The van der Waals surface area contributed by atoms with E-state index in [1.807, 2.05) is 20.8 Å². The molecule has 124 valence electrons. The van der Waals surface area contributed by atoms with E-state index in [4.69, 9.17) is 4.52 Å². The zero-order chi connectivity index (χ0) is 16.9. The Balaban J connectivity index is 1.70. The van der Waals surface area contributed by atoms with Gasteiger partial charge in [0.1, 0.15) is 5.82 Å². The molecule has 0 aliphatic carbocycles. The highest BCUT2D eigenvalue weighted by Gasteiger charge is 2.20. The normalized spacial score (nSPS) is 11.5. The number of hydrogen-bond donors (Lipinski definition) is 1. The van der Waals surface area contributed by atoms with Crippen LogP contribution in [-0.4, -0.2) is 16.0 Å². The van der Waals surface area contributed by atoms with Gasteiger partial charge >= 0.3 is 0 Å². The summed E-state index contributed by atoms with van der Waals surface area (Å²) >= 11 is 0. The third kappa shape index (κ3) is 5.47. The van der Waals surface area contributed by atoms with Crippen LogP contribution in [0.25, 0.3) is 0 Å². The first-order valence-electron chi connectivity index (χ1n) is 7.69. The van der Waals surface area contributed by atoms with Crippen LogP contribution in [0.3, 0.4) is 0 Å². The predicted molar refractivity (Wildman–Crippen MR) is 84.2 cm³/mol. The number of nitrogens with zero attached hydrogens (tertiary/aromatic N) is 2. The first kappa shape index (κ1) is 17.1. The van der Waals surface area contributed by atoms with E-state index in [-0.39, 0.29) is 17.1 Å². The molecule has 0 spiro atoms. The standard InChI is InChI=1S/C17H22FN3O2/c1-17(2,3)16-20-15(23-21-16)6-4-5-14(22)19-11-12-7-9-13(18)10-8-12/h7-10H,4-6,11H2,1-3H3,(H,19,22). The Hall–Kier alpha value is -2.24. The number of aryl methyl sites for hydroxylation is 1. The maximum Gasteiger partial charge on any atom is 0.226 e. The van der Waals surface area contributed by atoms with Gasteiger partial charge in [-0.15, -0.1) is 0 Å². The highest BCUT2D eigenvalue weighted by Crippen LogP contribution is 2.18. The molecule has 2 aromatic rings. The molecule has 1 N–H and O–H groups in total. The fourth-order valence-electron chi connectivity index (χ4n) is 1.95. The Labute approximate surface area is 135 Å². The topological polar surface area (TPSA) is 68.0 Å². The summed E-state index contributed by atoms with van der Waals surface area (Å²) in [4.78, 5) is 16.1. The van der Waals surface area contributed by atoms with Crippen LogP contribution in [0.2, 0.25) is 0 Å². The highest BCUT2D eigenvalue weighted by atomic mass is 19.1. The Bertz CT molecular complexity index is 645. The van der Waals surface area contributed by atoms with Crippen molar-refractivity contribution in [2.45, 2.75) is 52.0 Å². The van der Waals surface area contributed by atoms with E-state index >= 15 is 0 Å². The summed E-state index contributed by atoms with van der Waals surface area (Å²) in [6, 6.07) is 6.07. The molecule has 0 aliphatic heterocycles. The SMILES string of the molecule is CC(C)(C)c1noc(CCCC(=O)NCc2ccc(F)cc2)n1. The first-order valence-corrected chi connectivity index (χ1v) is 7.69. The number of aromatic nitrogens is 2. The van der Waals surface area contributed by atoms with Gasteiger partial charge in [-0.1, -0.05) is 38.1 Å². The zero-order valence-corrected chi connectivity index (χ0v) is 13.7. The van der Waals surface area contributed by atoms with Crippen molar-refractivity contribution in [3.05, 3.63) is 47.4 Å². The van der Waals surface area contributed by atoms with Crippen LogP contribution in [-0.2, 0) is 23.2 Å². The minimum Gasteiger partial charge on any atom is -0.352 e. The van der Waals surface area contributed by atoms with Crippen molar-refractivity contribution in [2.75, 3.05) is 0 Å². The molecule has 1 aromatic heterocycles. The van der Waals surface area contributed by atoms with Gasteiger partial charge in [-0.3, -0.25) is 4.79 Å². The fraction of sp³-hybridized carbons (Fsp3) is 0.471. The van der Waals surface area contributed by atoms with Crippen molar-refractivity contribution >= 4 is 5.91 Å². The van der Waals surface area contributed by atoms with Gasteiger partial charge in [0.05, 0.1) is 0 Å². The van der Waals surface area contributed by atoms with Crippen LogP contribution in [0, 0.1) is 5.82 Å². The molecule has 0 atom stereocenters. The predicted octanol–water partition coefficient (Wildman–Crippen LogP) is 3.15. The Morgan fingerprint density at radius 1 is 1.26 bits per heavy atom. The number of amides is 1. The second kappa shape index (κ2) is 7.35. The number of rotatable bonds is 6. The molecule has 0 aliphatic rings. The molecule has 0 radical (unpaired) electrons. The lowest BCUT2D eigenvalue weighted by atomic mass is 9.96. The minimum atomic E-state index is -0.283. The molecule has 0 bridgehead atoms. The summed E-state index contributed by atoms with van der Waals surface area (Å²) < 4.78 is 18.0. The van der Waals surface area contributed by atoms with Gasteiger partial charge in [-0.25, -0.2) is 4.39 Å². The van der Waals surface area contributed by atoms with Gasteiger partial charge in [-0.2, -0.15) is 4.98 Å². The van der Waals surface area contributed by atoms with Crippen LogP contribution in [0.15, 0.2) is 28.8 Å². The Morgan fingerprint density at radius 3 is 2.57 bits per heavy atom. The third-order valence-electron chi connectivity index (χ3n) is 3.34. The van der Waals surface area contributed by atoms with E-state index in [2.05, 4.69) is 15.5 Å². The summed E-state index contributed by atoms with van der Waals surface area (Å²) in [5.41, 5.74) is 0.723. The van der Waals surface area contributed by atoms with Crippen LogP contribution < -0.4 is 5.32 Å². The van der Waals surface area contributed by atoms with Gasteiger partial charge in [0.2, 0.25) is 11.8 Å². The zero-order valence-electron chi connectivity index (χ0n) is 13.7. The molecular formula is C17H22FN3O2. The summed E-state index contributed by atoms with van der Waals surface area (Å²) in [6.45, 7) is 6.45. The maximum atomic E-state index is 12.8. The van der Waals surface area contributed by atoms with E-state index in [9.17, 15) is 9.18 Å². The van der Waals surface area contributed by atoms with Gasteiger partial charge in [-0.05, 0) is 24.1 Å². The Kier molecular flexibility index (Phi) is 5.47. The Morgan fingerprint density at radius 2 is 1.96 bits per heavy atom. The summed E-state index contributed by atoms with van der Waals surface area (Å²) in [5, 5.41) is 6.76. The van der Waals surface area contributed by atoms with Gasteiger partial charge in [0.25, 0.3) is 0 Å². The second-order valence-electron chi connectivity index (χ2n) is 6.52. The number of nitrogens with one attached hydrogen (secondary N) is 1. The van der Waals surface area contributed by atoms with Crippen molar-refractivity contribution in [3.63, 3.8) is 0 Å². The first-order chi connectivity index (χ1) is 10.8. The summed E-state index contributed by atoms with van der Waals surface area (Å²) in [7, 11) is 0. The molecule has 23 heavy (non-hydrogen) atoms. The number of carbonyl (C=O) groups is 1. The van der Waals surface area contributed by atoms with E-state index in [0.29, 0.717) is 37.5 Å². The van der Waals surface area contributed by atoms with Crippen molar-refractivity contribution in [1.29, 1.82) is 0 Å². The van der Waals surface area contributed by atoms with E-state index in [1.54, 1.807) is 12.1 Å². The van der Waals surface area contributed by atoms with Gasteiger partial charge < -0.3 is 9.84 Å². The third-order valence-corrected chi connectivity index (χ3v) is 3.34. The molecule has 0 fully saturated rings. The quantitative estimate of drug-likeness (QED) is 0.888. The number of hydrogen-bond acceptors (Lipinski definition) is 4. The lowest BCUT2D eigenvalue weighted by Gasteiger charge is -2.10. The average Bonchev–Trinajstić information content (AvgIpc) is 2.96. The molecular weight excluding hydrogens is 297 g/mol. The molecule has 0 saturated carbocycles. The van der Waals surface area contributed by atoms with E-state index in [1.165, 1.54) is 12.1 Å². The fourth-order valence-corrected chi connectivity index (χ4v) is 1.95. The number of carbonyl (C=O) groups excluding carboxylic acids is 1. The smallest absolute Gasteiger partial charge is 0.226 e. The van der Waals surface area contributed by atoms with Crippen LogP contribution >= 0.6 is 0 Å². The monoisotopic (exact) mass is 319 g/mol. The van der Waals surface area contributed by atoms with Crippen molar-refractivity contribution in [3.8, 4) is 0 Å².